The summed E-state index contributed by atoms with van der Waals surface area (Å²) in [5.74, 6) is 0. The van der Waals surface area contributed by atoms with Crippen LogP contribution in [0.15, 0.2) is 0 Å². The first-order valence-electron chi connectivity index (χ1n) is 0. The maximum atomic E-state index is 0. The second-order valence-electron chi connectivity index (χ2n) is 0. The van der Waals surface area contributed by atoms with E-state index < -0.39 is 0 Å². The Bertz CT molecular complexity index is 5.51. The molecule has 0 unspecified atom stereocenters. The van der Waals surface area contributed by atoms with Gasteiger partial charge in [0.15, 0.2) is 0 Å². The van der Waals surface area contributed by atoms with Crippen LogP contribution in [0.5, 0.6) is 0 Å². The van der Waals surface area contributed by atoms with E-state index in [0.29, 0.717) is 0 Å². The number of rotatable bonds is 0. The SMILES string of the molecule is S.S.S.S.[NaH].[NaH]. The zero-order valence-corrected chi connectivity index (χ0v) is 6.00. The molecule has 0 rings (SSSR count). The Labute approximate surface area is 111 Å². The molecule has 6 heteroatoms. The summed E-state index contributed by atoms with van der Waals surface area (Å²) in [6.07, 6.45) is 0. The van der Waals surface area contributed by atoms with E-state index in [2.05, 4.69) is 0 Å². The molecule has 0 aromatic rings. The van der Waals surface area contributed by atoms with E-state index >= 15 is 0 Å². The van der Waals surface area contributed by atoms with Gasteiger partial charge in [-0.2, -0.15) is 54.0 Å². The summed E-state index contributed by atoms with van der Waals surface area (Å²) in [6, 6.07) is 0. The summed E-state index contributed by atoms with van der Waals surface area (Å²) in [5, 5.41) is 0. The van der Waals surface area contributed by atoms with Gasteiger partial charge in [-0.15, -0.1) is 0 Å². The molecule has 36 valence electrons. The first-order chi connectivity index (χ1) is 0. The van der Waals surface area contributed by atoms with Gasteiger partial charge in [0.1, 0.15) is 0 Å². The van der Waals surface area contributed by atoms with Gasteiger partial charge in [0, 0.05) is 0 Å². The van der Waals surface area contributed by atoms with Crippen LogP contribution in [0.25, 0.3) is 0 Å². The van der Waals surface area contributed by atoms with E-state index in [-0.39, 0.29) is 113 Å². The maximum absolute atomic E-state index is 0. The Morgan fingerprint density at radius 3 is 0.333 bits per heavy atom. The van der Waals surface area contributed by atoms with E-state index in [1.807, 2.05) is 0 Å². The third-order valence-electron chi connectivity index (χ3n) is 0. The molecule has 0 amide bonds. The quantitative estimate of drug-likeness (QED) is 0.430. The predicted octanol–water partition coefficient (Wildman–Crippen LogP) is -0.846. The summed E-state index contributed by atoms with van der Waals surface area (Å²) >= 11 is 0. The average Bonchev–Trinajstić information content (AvgIpc) is 0. The fraction of sp³-hybridized carbons (Fsp3) is 0. The van der Waals surface area contributed by atoms with Crippen molar-refractivity contribution in [2.45, 2.75) is 0 Å². The Balaban J connectivity index is 0. The molecule has 0 nitrogen and oxygen atoms in total. The predicted molar refractivity (Wildman–Crippen MR) is 55.8 cm³/mol. The molecular weight excluding hydrogens is 174 g/mol. The fourth-order valence-electron chi connectivity index (χ4n) is 0. The van der Waals surface area contributed by atoms with Gasteiger partial charge in [0.25, 0.3) is 0 Å². The molecule has 0 bridgehead atoms. The van der Waals surface area contributed by atoms with Crippen molar-refractivity contribution in [2.24, 2.45) is 0 Å². The van der Waals surface area contributed by atoms with E-state index in [4.69, 9.17) is 0 Å². The van der Waals surface area contributed by atoms with Gasteiger partial charge in [-0.25, -0.2) is 0 Å². The van der Waals surface area contributed by atoms with Crippen molar-refractivity contribution in [3.8, 4) is 0 Å². The molecule has 0 saturated carbocycles. The Morgan fingerprint density at radius 1 is 0.333 bits per heavy atom. The van der Waals surface area contributed by atoms with Crippen LogP contribution in [-0.2, 0) is 0 Å². The van der Waals surface area contributed by atoms with Crippen molar-refractivity contribution in [2.75, 3.05) is 0 Å². The third-order valence-corrected chi connectivity index (χ3v) is 0. The van der Waals surface area contributed by atoms with E-state index in [1.165, 1.54) is 0 Å². The van der Waals surface area contributed by atoms with Gasteiger partial charge in [0.05, 0.1) is 0 Å². The van der Waals surface area contributed by atoms with Crippen LogP contribution in [0, 0.1) is 0 Å². The monoisotopic (exact) mass is 184 g/mol. The molecule has 0 aliphatic heterocycles. The molecule has 0 N–H and O–H groups in total. The molecule has 0 saturated heterocycles. The van der Waals surface area contributed by atoms with E-state index in [0.717, 1.165) is 0 Å². The van der Waals surface area contributed by atoms with Gasteiger partial charge in [0.2, 0.25) is 0 Å². The molecule has 0 aliphatic carbocycles. The van der Waals surface area contributed by atoms with Crippen molar-refractivity contribution in [1.82, 2.24) is 0 Å². The Morgan fingerprint density at radius 2 is 0.333 bits per heavy atom. The summed E-state index contributed by atoms with van der Waals surface area (Å²) in [4.78, 5) is 0. The van der Waals surface area contributed by atoms with Gasteiger partial charge >= 0.3 is 59.1 Å². The molecule has 0 spiro atoms. The molecule has 0 atom stereocenters. The fourth-order valence-corrected chi connectivity index (χ4v) is 0. The molecular formula is H10Na2S4. The second-order valence-corrected chi connectivity index (χ2v) is 0. The Hall–Kier alpha value is 3.40. The van der Waals surface area contributed by atoms with Crippen molar-refractivity contribution in [3.63, 3.8) is 0 Å². The minimum atomic E-state index is 0. The standard InChI is InChI=1S/2Na.4H2S.2H/h;;4*1H2;;. The summed E-state index contributed by atoms with van der Waals surface area (Å²) in [7, 11) is 0. The summed E-state index contributed by atoms with van der Waals surface area (Å²) < 4.78 is 0. The molecule has 0 aromatic heterocycles. The van der Waals surface area contributed by atoms with Crippen LogP contribution in [-0.4, -0.2) is 59.1 Å². The topological polar surface area (TPSA) is 0 Å². The molecule has 0 fully saturated rings. The van der Waals surface area contributed by atoms with E-state index in [1.54, 1.807) is 0 Å². The summed E-state index contributed by atoms with van der Waals surface area (Å²) in [5.41, 5.74) is 0. The zero-order valence-electron chi connectivity index (χ0n) is 2.00. The number of hydrogen-bond donors (Lipinski definition) is 0. The van der Waals surface area contributed by atoms with Crippen molar-refractivity contribution < 1.29 is 0 Å². The van der Waals surface area contributed by atoms with Gasteiger partial charge in [-0.1, -0.05) is 0 Å². The van der Waals surface area contributed by atoms with E-state index in [9.17, 15) is 0 Å². The van der Waals surface area contributed by atoms with Crippen LogP contribution in [0.3, 0.4) is 0 Å². The third kappa shape index (κ3) is 26.2. The molecule has 0 aromatic carbocycles. The van der Waals surface area contributed by atoms with Crippen LogP contribution in [0.4, 0.5) is 0 Å². The minimum absolute atomic E-state index is 0. The van der Waals surface area contributed by atoms with Crippen molar-refractivity contribution in [3.05, 3.63) is 0 Å². The average molecular weight is 184 g/mol. The summed E-state index contributed by atoms with van der Waals surface area (Å²) in [6.45, 7) is 0. The van der Waals surface area contributed by atoms with Crippen LogP contribution in [0.1, 0.15) is 0 Å². The second kappa shape index (κ2) is 39.8. The first kappa shape index (κ1) is 57.4. The van der Waals surface area contributed by atoms with Crippen molar-refractivity contribution >= 4 is 113 Å². The molecule has 0 radical (unpaired) electrons. The van der Waals surface area contributed by atoms with Crippen LogP contribution in [0.2, 0.25) is 0 Å². The van der Waals surface area contributed by atoms with Gasteiger partial charge < -0.3 is 0 Å². The molecule has 0 heterocycles. The van der Waals surface area contributed by atoms with Gasteiger partial charge in [-0.3, -0.25) is 0 Å². The first-order valence-corrected chi connectivity index (χ1v) is 0. The molecule has 0 aliphatic rings. The normalized spacial score (nSPS) is 0. The Kier molecular flexibility index (Phi) is 381. The van der Waals surface area contributed by atoms with Gasteiger partial charge in [-0.05, 0) is 0 Å². The number of hydrogen-bond acceptors (Lipinski definition) is 0. The molecule has 6 heavy (non-hydrogen) atoms. The van der Waals surface area contributed by atoms with Crippen LogP contribution >= 0.6 is 54.0 Å². The zero-order chi connectivity index (χ0) is 0. The van der Waals surface area contributed by atoms with Crippen molar-refractivity contribution in [1.29, 1.82) is 0 Å². The van der Waals surface area contributed by atoms with Crippen LogP contribution < -0.4 is 0 Å².